The highest BCUT2D eigenvalue weighted by molar-refractivity contribution is 6.17. The maximum atomic E-state index is 13.4. The van der Waals surface area contributed by atoms with Crippen molar-refractivity contribution in [2.75, 3.05) is 31.1 Å². The summed E-state index contributed by atoms with van der Waals surface area (Å²) in [6, 6.07) is 15.0. The summed E-state index contributed by atoms with van der Waals surface area (Å²) in [6.07, 6.45) is 0. The Kier molecular flexibility index (Phi) is 6.07. The third-order valence-electron chi connectivity index (χ3n) is 5.31. The summed E-state index contributed by atoms with van der Waals surface area (Å²) < 4.78 is 13.4. The second-order valence-corrected chi connectivity index (χ2v) is 6.83. The van der Waals surface area contributed by atoms with Crippen molar-refractivity contribution in [3.63, 3.8) is 0 Å². The van der Waals surface area contributed by atoms with Crippen molar-refractivity contribution in [3.05, 3.63) is 76.9 Å². The van der Waals surface area contributed by atoms with Gasteiger partial charge in [0.05, 0.1) is 17.1 Å². The number of likely N-dealkylation sites (N-methyl/N-ethyl adjacent to an activating group) is 1. The van der Waals surface area contributed by atoms with Gasteiger partial charge in [0.25, 0.3) is 0 Å². The van der Waals surface area contributed by atoms with Crippen LogP contribution in [-0.4, -0.2) is 36.8 Å². The molecular weight excluding hydrogens is 337 g/mol. The number of benzene rings is 2. The Hall–Kier alpha value is -2.46. The first-order chi connectivity index (χ1) is 13.0. The van der Waals surface area contributed by atoms with Crippen molar-refractivity contribution in [1.29, 1.82) is 0 Å². The Balaban J connectivity index is 2.05. The normalized spacial score (nSPS) is 14.3. The number of hydrogen-bond donors (Lipinski definition) is 0. The SMILES string of the molecule is CCN(CC)CCN1C(C)=C(C)N=C(c2ccc(F)cc2)c2ccccc21. The number of anilines is 1. The summed E-state index contributed by atoms with van der Waals surface area (Å²) in [7, 11) is 0. The molecule has 0 saturated heterocycles. The van der Waals surface area contributed by atoms with E-state index in [1.807, 2.05) is 6.07 Å². The minimum absolute atomic E-state index is 0.231. The van der Waals surface area contributed by atoms with E-state index in [-0.39, 0.29) is 5.82 Å². The Bertz CT molecular complexity index is 848. The molecule has 0 saturated carbocycles. The smallest absolute Gasteiger partial charge is 0.123 e. The van der Waals surface area contributed by atoms with Crippen LogP contribution in [0.5, 0.6) is 0 Å². The van der Waals surface area contributed by atoms with E-state index in [0.717, 1.165) is 60.1 Å². The van der Waals surface area contributed by atoms with Crippen LogP contribution in [0.3, 0.4) is 0 Å². The topological polar surface area (TPSA) is 18.8 Å². The van der Waals surface area contributed by atoms with E-state index >= 15 is 0 Å². The van der Waals surface area contributed by atoms with Gasteiger partial charge >= 0.3 is 0 Å². The molecular formula is C23H28FN3. The molecule has 0 spiro atoms. The molecule has 0 bridgehead atoms. The van der Waals surface area contributed by atoms with Gasteiger partial charge in [-0.15, -0.1) is 0 Å². The van der Waals surface area contributed by atoms with Crippen LogP contribution in [0.15, 0.2) is 64.9 Å². The van der Waals surface area contributed by atoms with Crippen LogP contribution in [0.25, 0.3) is 0 Å². The molecule has 2 aromatic carbocycles. The minimum atomic E-state index is -0.231. The summed E-state index contributed by atoms with van der Waals surface area (Å²) in [5.41, 5.74) is 6.22. The van der Waals surface area contributed by atoms with E-state index in [1.54, 1.807) is 12.1 Å². The highest BCUT2D eigenvalue weighted by Crippen LogP contribution is 2.31. The molecule has 2 aromatic rings. The summed E-state index contributed by atoms with van der Waals surface area (Å²) in [5, 5.41) is 0. The summed E-state index contributed by atoms with van der Waals surface area (Å²) >= 11 is 0. The predicted octanol–water partition coefficient (Wildman–Crippen LogP) is 5.08. The van der Waals surface area contributed by atoms with Gasteiger partial charge in [-0.05, 0) is 57.3 Å². The molecule has 3 rings (SSSR count). The van der Waals surface area contributed by atoms with Crippen LogP contribution in [0, 0.1) is 5.82 Å². The maximum Gasteiger partial charge on any atom is 0.123 e. The molecule has 0 fully saturated rings. The fraction of sp³-hybridized carbons (Fsp3) is 0.348. The number of rotatable bonds is 6. The number of allylic oxidation sites excluding steroid dienone is 2. The molecule has 1 aliphatic rings. The van der Waals surface area contributed by atoms with Gasteiger partial charge in [-0.2, -0.15) is 0 Å². The zero-order valence-electron chi connectivity index (χ0n) is 16.7. The fourth-order valence-electron chi connectivity index (χ4n) is 3.49. The number of halogens is 1. The highest BCUT2D eigenvalue weighted by Gasteiger charge is 2.22. The van der Waals surface area contributed by atoms with E-state index in [1.165, 1.54) is 12.1 Å². The highest BCUT2D eigenvalue weighted by atomic mass is 19.1. The molecule has 0 N–H and O–H groups in total. The molecule has 0 amide bonds. The average Bonchev–Trinajstić information content (AvgIpc) is 2.79. The van der Waals surface area contributed by atoms with Crippen LogP contribution in [0.2, 0.25) is 0 Å². The molecule has 0 aromatic heterocycles. The summed E-state index contributed by atoms with van der Waals surface area (Å²) in [5.74, 6) is -0.231. The quantitative estimate of drug-likeness (QED) is 0.711. The second kappa shape index (κ2) is 8.49. The van der Waals surface area contributed by atoms with Crippen LogP contribution >= 0.6 is 0 Å². The van der Waals surface area contributed by atoms with Gasteiger partial charge in [0.1, 0.15) is 5.82 Å². The van der Waals surface area contributed by atoms with Gasteiger partial charge in [0, 0.05) is 29.9 Å². The molecule has 0 radical (unpaired) electrons. The van der Waals surface area contributed by atoms with Crippen LogP contribution in [0.1, 0.15) is 38.8 Å². The monoisotopic (exact) mass is 365 g/mol. The molecule has 3 nitrogen and oxygen atoms in total. The van der Waals surface area contributed by atoms with Crippen LogP contribution in [-0.2, 0) is 0 Å². The Morgan fingerprint density at radius 1 is 0.963 bits per heavy atom. The summed E-state index contributed by atoms with van der Waals surface area (Å²) in [6.45, 7) is 12.6. The van der Waals surface area contributed by atoms with E-state index in [0.29, 0.717) is 0 Å². The first-order valence-corrected chi connectivity index (χ1v) is 9.66. The molecule has 0 atom stereocenters. The lowest BCUT2D eigenvalue weighted by Crippen LogP contribution is -2.34. The standard InChI is InChI=1S/C23H28FN3/c1-5-26(6-2)15-16-27-18(4)17(3)25-23(19-11-13-20(24)14-12-19)21-9-7-8-10-22(21)27/h7-14H,5-6,15-16H2,1-4H3. The van der Waals surface area contributed by atoms with Crippen LogP contribution in [0.4, 0.5) is 10.1 Å². The molecule has 0 unspecified atom stereocenters. The van der Waals surface area contributed by atoms with Crippen molar-refractivity contribution >= 4 is 11.4 Å². The molecule has 1 heterocycles. The fourth-order valence-corrected chi connectivity index (χ4v) is 3.49. The van der Waals surface area contributed by atoms with Crippen molar-refractivity contribution < 1.29 is 4.39 Å². The number of fused-ring (bicyclic) bond motifs is 1. The van der Waals surface area contributed by atoms with E-state index < -0.39 is 0 Å². The van der Waals surface area contributed by atoms with Crippen LogP contribution < -0.4 is 4.90 Å². The maximum absolute atomic E-state index is 13.4. The molecule has 0 aliphatic carbocycles. The zero-order chi connectivity index (χ0) is 19.4. The van der Waals surface area contributed by atoms with E-state index in [2.05, 4.69) is 55.7 Å². The predicted molar refractivity (Wildman–Crippen MR) is 112 cm³/mol. The lowest BCUT2D eigenvalue weighted by molar-refractivity contribution is 0.311. The van der Waals surface area contributed by atoms with E-state index in [9.17, 15) is 4.39 Å². The third kappa shape index (κ3) is 4.11. The average molecular weight is 365 g/mol. The van der Waals surface area contributed by atoms with Gasteiger partial charge in [-0.25, -0.2) is 4.39 Å². The van der Waals surface area contributed by atoms with Crippen molar-refractivity contribution in [3.8, 4) is 0 Å². The summed E-state index contributed by atoms with van der Waals surface area (Å²) in [4.78, 5) is 9.73. The van der Waals surface area contributed by atoms with Crippen molar-refractivity contribution in [1.82, 2.24) is 4.90 Å². The van der Waals surface area contributed by atoms with E-state index in [4.69, 9.17) is 4.99 Å². The molecule has 1 aliphatic heterocycles. The molecule has 4 heteroatoms. The Morgan fingerprint density at radius 3 is 2.30 bits per heavy atom. The number of aliphatic imine (C=N–C) groups is 1. The lowest BCUT2D eigenvalue weighted by Gasteiger charge is -2.29. The van der Waals surface area contributed by atoms with Gasteiger partial charge in [-0.1, -0.05) is 32.0 Å². The Labute approximate surface area is 161 Å². The molecule has 27 heavy (non-hydrogen) atoms. The Morgan fingerprint density at radius 2 is 1.63 bits per heavy atom. The third-order valence-corrected chi connectivity index (χ3v) is 5.31. The zero-order valence-corrected chi connectivity index (χ0v) is 16.7. The largest absolute Gasteiger partial charge is 0.342 e. The number of hydrogen-bond acceptors (Lipinski definition) is 3. The number of nitrogens with zero attached hydrogens (tertiary/aromatic N) is 3. The van der Waals surface area contributed by atoms with Gasteiger partial charge in [0.15, 0.2) is 0 Å². The van der Waals surface area contributed by atoms with Gasteiger partial charge in [0.2, 0.25) is 0 Å². The van der Waals surface area contributed by atoms with Gasteiger partial charge in [-0.3, -0.25) is 4.99 Å². The second-order valence-electron chi connectivity index (χ2n) is 6.83. The van der Waals surface area contributed by atoms with Gasteiger partial charge < -0.3 is 9.80 Å². The first-order valence-electron chi connectivity index (χ1n) is 9.66. The lowest BCUT2D eigenvalue weighted by atomic mass is 10.00. The van der Waals surface area contributed by atoms with Crippen molar-refractivity contribution in [2.24, 2.45) is 4.99 Å². The molecule has 142 valence electrons. The minimum Gasteiger partial charge on any atom is -0.342 e. The van der Waals surface area contributed by atoms with Crippen molar-refractivity contribution in [2.45, 2.75) is 27.7 Å². The first kappa shape index (κ1) is 19.3. The number of para-hydroxylation sites is 1.